The van der Waals surface area contributed by atoms with Crippen LogP contribution in [0.15, 0.2) is 24.3 Å². The van der Waals surface area contributed by atoms with Crippen molar-refractivity contribution in [1.29, 1.82) is 5.26 Å². The Kier molecular flexibility index (Phi) is 3.94. The number of anilines is 1. The predicted octanol–water partition coefficient (Wildman–Crippen LogP) is 3.03. The molecule has 0 spiro atoms. The number of nitrogens with zero attached hydrogens (tertiary/aromatic N) is 3. The van der Waals surface area contributed by atoms with E-state index in [1.54, 1.807) is 6.07 Å². The van der Waals surface area contributed by atoms with Crippen LogP contribution in [-0.4, -0.2) is 9.49 Å². The zero-order valence-corrected chi connectivity index (χ0v) is 12.2. The van der Waals surface area contributed by atoms with Gasteiger partial charge in [0.25, 0.3) is 5.69 Å². The number of aromatic nitrogens is 1. The van der Waals surface area contributed by atoms with Crippen molar-refractivity contribution in [2.24, 2.45) is 7.05 Å². The lowest BCUT2D eigenvalue weighted by atomic mass is 10.1. The number of rotatable bonds is 4. The van der Waals surface area contributed by atoms with Gasteiger partial charge >= 0.3 is 0 Å². The highest BCUT2D eigenvalue weighted by atomic mass is 16.6. The van der Waals surface area contributed by atoms with Gasteiger partial charge in [-0.05, 0) is 31.5 Å². The fraction of sp³-hybridized carbons (Fsp3) is 0.267. The summed E-state index contributed by atoms with van der Waals surface area (Å²) in [5, 5.41) is 23.0. The number of nitriles is 1. The Labute approximate surface area is 122 Å². The average molecular weight is 284 g/mol. The highest BCUT2D eigenvalue weighted by molar-refractivity contribution is 5.61. The summed E-state index contributed by atoms with van der Waals surface area (Å²) >= 11 is 0. The first-order valence-electron chi connectivity index (χ1n) is 6.48. The topological polar surface area (TPSA) is 83.9 Å². The summed E-state index contributed by atoms with van der Waals surface area (Å²) in [5.41, 5.74) is 4.24. The first-order chi connectivity index (χ1) is 9.93. The highest BCUT2D eigenvalue weighted by Gasteiger charge is 2.11. The zero-order valence-electron chi connectivity index (χ0n) is 12.2. The summed E-state index contributed by atoms with van der Waals surface area (Å²) in [6.07, 6.45) is 0. The van der Waals surface area contributed by atoms with Crippen LogP contribution in [-0.2, 0) is 13.6 Å². The lowest BCUT2D eigenvalue weighted by Crippen LogP contribution is -2.03. The number of hydrogen-bond acceptors (Lipinski definition) is 4. The normalized spacial score (nSPS) is 10.2. The second kappa shape index (κ2) is 5.67. The lowest BCUT2D eigenvalue weighted by molar-refractivity contribution is -0.384. The molecular weight excluding hydrogens is 268 g/mol. The van der Waals surface area contributed by atoms with Crippen molar-refractivity contribution in [3.63, 3.8) is 0 Å². The number of hydrogen-bond donors (Lipinski definition) is 1. The Morgan fingerprint density at radius 1 is 1.38 bits per heavy atom. The van der Waals surface area contributed by atoms with E-state index >= 15 is 0 Å². The molecule has 1 heterocycles. The number of nitro groups is 1. The van der Waals surface area contributed by atoms with Crippen LogP contribution in [0.25, 0.3) is 0 Å². The number of nitrogens with one attached hydrogen (secondary N) is 1. The van der Waals surface area contributed by atoms with Gasteiger partial charge in [-0.1, -0.05) is 0 Å². The molecular formula is C15H16N4O2. The van der Waals surface area contributed by atoms with Gasteiger partial charge in [0.2, 0.25) is 0 Å². The molecule has 0 amide bonds. The van der Waals surface area contributed by atoms with Gasteiger partial charge in [-0.15, -0.1) is 0 Å². The largest absolute Gasteiger partial charge is 0.380 e. The maximum atomic E-state index is 10.7. The number of aryl methyl sites for hydroxylation is 1. The number of nitro benzene ring substituents is 1. The molecule has 0 unspecified atom stereocenters. The molecule has 2 rings (SSSR count). The fourth-order valence-corrected chi connectivity index (χ4v) is 2.20. The van der Waals surface area contributed by atoms with Gasteiger partial charge in [-0.25, -0.2) is 0 Å². The van der Waals surface area contributed by atoms with Crippen LogP contribution < -0.4 is 5.32 Å². The Morgan fingerprint density at radius 2 is 2.10 bits per heavy atom. The molecule has 0 saturated heterocycles. The average Bonchev–Trinajstić information content (AvgIpc) is 2.72. The van der Waals surface area contributed by atoms with Crippen molar-refractivity contribution < 1.29 is 4.92 Å². The molecule has 0 aliphatic carbocycles. The summed E-state index contributed by atoms with van der Waals surface area (Å²) in [6.45, 7) is 4.63. The minimum absolute atomic E-state index is 0.0798. The molecule has 1 aromatic carbocycles. The third kappa shape index (κ3) is 2.87. The molecule has 2 aromatic rings. The molecule has 108 valence electrons. The third-order valence-electron chi connectivity index (χ3n) is 3.68. The van der Waals surface area contributed by atoms with Crippen molar-refractivity contribution in [1.82, 2.24) is 4.57 Å². The van der Waals surface area contributed by atoms with E-state index in [0.717, 1.165) is 17.0 Å². The van der Waals surface area contributed by atoms with E-state index in [2.05, 4.69) is 16.0 Å². The molecule has 6 nitrogen and oxygen atoms in total. The smallest absolute Gasteiger partial charge is 0.270 e. The minimum Gasteiger partial charge on any atom is -0.380 e. The van der Waals surface area contributed by atoms with Gasteiger partial charge in [-0.3, -0.25) is 10.1 Å². The molecule has 0 radical (unpaired) electrons. The van der Waals surface area contributed by atoms with Gasteiger partial charge in [0.05, 0.1) is 16.2 Å². The van der Waals surface area contributed by atoms with E-state index in [9.17, 15) is 10.1 Å². The first kappa shape index (κ1) is 14.6. The van der Waals surface area contributed by atoms with Crippen LogP contribution in [0.1, 0.15) is 22.5 Å². The van der Waals surface area contributed by atoms with Gasteiger partial charge in [0.1, 0.15) is 6.07 Å². The molecule has 0 atom stereocenters. The van der Waals surface area contributed by atoms with Crippen LogP contribution in [0.2, 0.25) is 0 Å². The molecule has 0 fully saturated rings. The summed E-state index contributed by atoms with van der Waals surface area (Å²) in [4.78, 5) is 10.2. The molecule has 1 aromatic heterocycles. The molecule has 6 heteroatoms. The maximum Gasteiger partial charge on any atom is 0.270 e. The van der Waals surface area contributed by atoms with Crippen molar-refractivity contribution in [3.8, 4) is 6.07 Å². The first-order valence-corrected chi connectivity index (χ1v) is 6.48. The van der Waals surface area contributed by atoms with Crippen LogP contribution in [0.3, 0.4) is 0 Å². The molecule has 0 bridgehead atoms. The second-order valence-electron chi connectivity index (χ2n) is 4.91. The summed E-state index contributed by atoms with van der Waals surface area (Å²) < 4.78 is 2.10. The van der Waals surface area contributed by atoms with Gasteiger partial charge < -0.3 is 9.88 Å². The van der Waals surface area contributed by atoms with Crippen LogP contribution >= 0.6 is 0 Å². The van der Waals surface area contributed by atoms with Crippen LogP contribution in [0.4, 0.5) is 11.4 Å². The monoisotopic (exact) mass is 284 g/mol. The van der Waals surface area contributed by atoms with E-state index in [1.807, 2.05) is 27.0 Å². The Morgan fingerprint density at radius 3 is 2.62 bits per heavy atom. The standard InChI is InChI=1S/C15H16N4O2/c1-10-6-13(11(2)18(10)3)9-17-15-5-4-14(19(20)21)7-12(15)8-16/h4-7,17H,9H2,1-3H3. The maximum absolute atomic E-state index is 10.7. The molecule has 21 heavy (non-hydrogen) atoms. The van der Waals surface area contributed by atoms with E-state index < -0.39 is 4.92 Å². The quantitative estimate of drug-likeness (QED) is 0.691. The number of non-ortho nitro benzene ring substituents is 1. The Balaban J connectivity index is 2.22. The van der Waals surface area contributed by atoms with Gasteiger partial charge in [-0.2, -0.15) is 5.26 Å². The van der Waals surface area contributed by atoms with Crippen molar-refractivity contribution in [3.05, 3.63) is 56.9 Å². The SMILES string of the molecule is Cc1cc(CNc2ccc([N+](=O)[O-])cc2C#N)c(C)n1C. The van der Waals surface area contributed by atoms with Gasteiger partial charge in [0, 0.05) is 37.1 Å². The highest BCUT2D eigenvalue weighted by Crippen LogP contribution is 2.23. The zero-order chi connectivity index (χ0) is 15.6. The summed E-state index contributed by atoms with van der Waals surface area (Å²) in [6, 6.07) is 8.32. The predicted molar refractivity (Wildman–Crippen MR) is 80.0 cm³/mol. The molecule has 1 N–H and O–H groups in total. The summed E-state index contributed by atoms with van der Waals surface area (Å²) in [7, 11) is 2.00. The molecule has 0 aliphatic heterocycles. The van der Waals surface area contributed by atoms with Crippen LogP contribution in [0.5, 0.6) is 0 Å². The van der Waals surface area contributed by atoms with Crippen molar-refractivity contribution in [2.45, 2.75) is 20.4 Å². The lowest BCUT2D eigenvalue weighted by Gasteiger charge is -2.08. The number of benzene rings is 1. The van der Waals surface area contributed by atoms with E-state index in [4.69, 9.17) is 5.26 Å². The minimum atomic E-state index is -0.505. The molecule has 0 aliphatic rings. The van der Waals surface area contributed by atoms with Crippen molar-refractivity contribution >= 4 is 11.4 Å². The Hall–Kier alpha value is -2.81. The molecule has 0 saturated carbocycles. The second-order valence-corrected chi connectivity index (χ2v) is 4.91. The van der Waals surface area contributed by atoms with E-state index in [0.29, 0.717) is 12.2 Å². The van der Waals surface area contributed by atoms with Crippen molar-refractivity contribution in [2.75, 3.05) is 5.32 Å². The van der Waals surface area contributed by atoms with E-state index in [1.165, 1.54) is 12.1 Å². The van der Waals surface area contributed by atoms with Crippen LogP contribution in [0, 0.1) is 35.3 Å². The summed E-state index contributed by atoms with van der Waals surface area (Å²) in [5.74, 6) is 0. The Bertz CT molecular complexity index is 741. The van der Waals surface area contributed by atoms with E-state index in [-0.39, 0.29) is 11.3 Å². The fourth-order valence-electron chi connectivity index (χ4n) is 2.20. The third-order valence-corrected chi connectivity index (χ3v) is 3.68. The van der Waals surface area contributed by atoms with Gasteiger partial charge in [0.15, 0.2) is 0 Å².